The molecule has 1 saturated heterocycles. The fourth-order valence-corrected chi connectivity index (χ4v) is 3.58. The van der Waals surface area contributed by atoms with Crippen molar-refractivity contribution < 1.29 is 4.79 Å². The third-order valence-electron chi connectivity index (χ3n) is 4.17. The molecule has 1 unspecified atom stereocenters. The van der Waals surface area contributed by atoms with Gasteiger partial charge in [-0.05, 0) is 43.0 Å². The number of carbonyl (C=O) groups is 1. The zero-order valence-electron chi connectivity index (χ0n) is 11.4. The number of fused-ring (bicyclic) bond motifs is 1. The number of nitrogens with zero attached hydrogens (tertiary/aromatic N) is 1. The van der Waals surface area contributed by atoms with Crippen molar-refractivity contribution >= 4 is 34.2 Å². The Kier molecular flexibility index (Phi) is 5.47. The smallest absolute Gasteiger partial charge is 0.227 e. The van der Waals surface area contributed by atoms with Gasteiger partial charge in [0.15, 0.2) is 0 Å². The van der Waals surface area contributed by atoms with Gasteiger partial charge in [-0.3, -0.25) is 4.79 Å². The zero-order chi connectivity index (χ0) is 13.2. The molecule has 3 rings (SSSR count). The summed E-state index contributed by atoms with van der Waals surface area (Å²) < 4.78 is 1.13. The first-order valence-electron chi connectivity index (χ1n) is 7.01. The average Bonchev–Trinajstić information content (AvgIpc) is 2.47. The summed E-state index contributed by atoms with van der Waals surface area (Å²) in [5, 5.41) is 3.33. The van der Waals surface area contributed by atoms with Crippen molar-refractivity contribution in [1.82, 2.24) is 10.2 Å². The highest BCUT2D eigenvalue weighted by atomic mass is 79.9. The number of hydrogen-bond donors (Lipinski definition) is 1. The standard InChI is InChI=1S/C15H19BrN2O.ClH/c16-14-5-1-3-11-6-8-18(10-13(11)14)15(19)12-4-2-7-17-9-12;/h1,3,5,12,17H,2,4,6-10H2;1H. The Hall–Kier alpha value is -0.580. The zero-order valence-corrected chi connectivity index (χ0v) is 13.8. The van der Waals surface area contributed by atoms with Crippen LogP contribution in [0.3, 0.4) is 0 Å². The van der Waals surface area contributed by atoms with Gasteiger partial charge < -0.3 is 10.2 Å². The third-order valence-corrected chi connectivity index (χ3v) is 4.92. The quantitative estimate of drug-likeness (QED) is 0.836. The van der Waals surface area contributed by atoms with E-state index in [-0.39, 0.29) is 18.3 Å². The highest BCUT2D eigenvalue weighted by Crippen LogP contribution is 2.27. The number of rotatable bonds is 1. The molecule has 1 amide bonds. The van der Waals surface area contributed by atoms with Crippen LogP contribution in [-0.4, -0.2) is 30.4 Å². The molecule has 1 aromatic rings. The fraction of sp³-hybridized carbons (Fsp3) is 0.533. The van der Waals surface area contributed by atoms with Crippen molar-refractivity contribution in [2.75, 3.05) is 19.6 Å². The molecule has 3 nitrogen and oxygen atoms in total. The molecule has 2 heterocycles. The summed E-state index contributed by atoms with van der Waals surface area (Å²) in [6.45, 7) is 3.52. The lowest BCUT2D eigenvalue weighted by Gasteiger charge is -2.33. The van der Waals surface area contributed by atoms with Crippen molar-refractivity contribution in [2.24, 2.45) is 5.92 Å². The van der Waals surface area contributed by atoms with Crippen molar-refractivity contribution in [1.29, 1.82) is 0 Å². The summed E-state index contributed by atoms with van der Waals surface area (Å²) in [4.78, 5) is 14.6. The van der Waals surface area contributed by atoms with Gasteiger partial charge in [-0.15, -0.1) is 12.4 Å². The van der Waals surface area contributed by atoms with Gasteiger partial charge in [0.2, 0.25) is 5.91 Å². The summed E-state index contributed by atoms with van der Waals surface area (Å²) >= 11 is 3.60. The molecule has 0 bridgehead atoms. The normalized spacial score (nSPS) is 21.9. The van der Waals surface area contributed by atoms with E-state index in [1.54, 1.807) is 0 Å². The molecule has 0 aromatic heterocycles. The number of piperidine rings is 1. The number of halogens is 2. The van der Waals surface area contributed by atoms with Crippen molar-refractivity contribution in [3.63, 3.8) is 0 Å². The Labute approximate surface area is 134 Å². The first kappa shape index (κ1) is 15.8. The molecule has 0 spiro atoms. The summed E-state index contributed by atoms with van der Waals surface area (Å²) in [7, 11) is 0. The molecule has 0 aliphatic carbocycles. The highest BCUT2D eigenvalue weighted by Gasteiger charge is 2.28. The maximum atomic E-state index is 12.5. The van der Waals surface area contributed by atoms with E-state index < -0.39 is 0 Å². The molecular weight excluding hydrogens is 340 g/mol. The second kappa shape index (κ2) is 6.92. The van der Waals surface area contributed by atoms with Crippen LogP contribution in [0.5, 0.6) is 0 Å². The average molecular weight is 360 g/mol. The van der Waals surface area contributed by atoms with Crippen LogP contribution in [0, 0.1) is 5.92 Å². The van der Waals surface area contributed by atoms with Crippen LogP contribution in [0.4, 0.5) is 0 Å². The van der Waals surface area contributed by atoms with E-state index >= 15 is 0 Å². The van der Waals surface area contributed by atoms with Gasteiger partial charge in [-0.25, -0.2) is 0 Å². The highest BCUT2D eigenvalue weighted by molar-refractivity contribution is 9.10. The monoisotopic (exact) mass is 358 g/mol. The molecule has 2 aliphatic rings. The third kappa shape index (κ3) is 3.18. The van der Waals surface area contributed by atoms with Crippen molar-refractivity contribution in [3.05, 3.63) is 33.8 Å². The molecule has 1 N–H and O–H groups in total. The Morgan fingerprint density at radius 2 is 2.25 bits per heavy atom. The lowest BCUT2D eigenvalue weighted by atomic mass is 9.95. The van der Waals surface area contributed by atoms with Gasteiger partial charge in [-0.2, -0.15) is 0 Å². The topological polar surface area (TPSA) is 32.3 Å². The van der Waals surface area contributed by atoms with Gasteiger partial charge in [0.1, 0.15) is 0 Å². The molecule has 0 radical (unpaired) electrons. The molecular formula is C15H20BrClN2O. The summed E-state index contributed by atoms with van der Waals surface area (Å²) in [6, 6.07) is 6.31. The Morgan fingerprint density at radius 3 is 3.00 bits per heavy atom. The number of nitrogens with one attached hydrogen (secondary N) is 1. The lowest BCUT2D eigenvalue weighted by molar-refractivity contribution is -0.137. The first-order chi connectivity index (χ1) is 9.25. The molecule has 5 heteroatoms. The van der Waals surface area contributed by atoms with Crippen LogP contribution in [0.25, 0.3) is 0 Å². The molecule has 0 saturated carbocycles. The van der Waals surface area contributed by atoms with E-state index in [4.69, 9.17) is 0 Å². The number of amides is 1. The van der Waals surface area contributed by atoms with Crippen molar-refractivity contribution in [3.8, 4) is 0 Å². The molecule has 1 fully saturated rings. The van der Waals surface area contributed by atoms with E-state index in [2.05, 4.69) is 39.4 Å². The van der Waals surface area contributed by atoms with Crippen LogP contribution in [-0.2, 0) is 17.8 Å². The maximum absolute atomic E-state index is 12.5. The Balaban J connectivity index is 0.00000147. The van der Waals surface area contributed by atoms with Gasteiger partial charge >= 0.3 is 0 Å². The predicted octanol–water partition coefficient (Wildman–Crippen LogP) is 2.76. The maximum Gasteiger partial charge on any atom is 0.227 e. The molecule has 2 aliphatic heterocycles. The van der Waals surface area contributed by atoms with E-state index in [1.807, 2.05) is 4.90 Å². The van der Waals surface area contributed by atoms with Gasteiger partial charge in [0.05, 0.1) is 5.92 Å². The van der Waals surface area contributed by atoms with Gasteiger partial charge in [0.25, 0.3) is 0 Å². The van der Waals surface area contributed by atoms with E-state index in [1.165, 1.54) is 11.1 Å². The minimum absolute atomic E-state index is 0. The van der Waals surface area contributed by atoms with Crippen LogP contribution in [0.1, 0.15) is 24.0 Å². The van der Waals surface area contributed by atoms with E-state index in [0.717, 1.165) is 49.9 Å². The van der Waals surface area contributed by atoms with Gasteiger partial charge in [-0.1, -0.05) is 28.1 Å². The van der Waals surface area contributed by atoms with Crippen LogP contribution in [0.2, 0.25) is 0 Å². The van der Waals surface area contributed by atoms with Crippen LogP contribution >= 0.6 is 28.3 Å². The number of benzene rings is 1. The van der Waals surface area contributed by atoms with Gasteiger partial charge in [0, 0.05) is 24.1 Å². The van der Waals surface area contributed by atoms with E-state index in [0.29, 0.717) is 5.91 Å². The van der Waals surface area contributed by atoms with Crippen LogP contribution in [0.15, 0.2) is 22.7 Å². The summed E-state index contributed by atoms with van der Waals surface area (Å²) in [5.41, 5.74) is 2.66. The second-order valence-corrected chi connectivity index (χ2v) is 6.28. The SMILES string of the molecule is Cl.O=C(C1CCCNC1)N1CCc2cccc(Br)c2C1. The molecule has 110 valence electrons. The Bertz CT molecular complexity index is 489. The minimum atomic E-state index is 0. The van der Waals surface area contributed by atoms with E-state index in [9.17, 15) is 4.79 Å². The fourth-order valence-electron chi connectivity index (χ4n) is 3.05. The second-order valence-electron chi connectivity index (χ2n) is 5.43. The molecule has 20 heavy (non-hydrogen) atoms. The minimum Gasteiger partial charge on any atom is -0.338 e. The predicted molar refractivity (Wildman–Crippen MR) is 86.1 cm³/mol. The number of hydrogen-bond acceptors (Lipinski definition) is 2. The lowest BCUT2D eigenvalue weighted by Crippen LogP contribution is -2.44. The molecule has 1 atom stereocenters. The van der Waals surface area contributed by atoms with Crippen LogP contribution < -0.4 is 5.32 Å². The largest absolute Gasteiger partial charge is 0.338 e. The number of carbonyl (C=O) groups excluding carboxylic acids is 1. The Morgan fingerprint density at radius 1 is 1.40 bits per heavy atom. The summed E-state index contributed by atoms with van der Waals surface area (Å²) in [5.74, 6) is 0.506. The molecule has 1 aromatic carbocycles. The summed E-state index contributed by atoms with van der Waals surface area (Å²) in [6.07, 6.45) is 3.12. The first-order valence-corrected chi connectivity index (χ1v) is 7.81. The van der Waals surface area contributed by atoms with Crippen molar-refractivity contribution in [2.45, 2.75) is 25.8 Å².